The molecule has 2 rings (SSSR count). The van der Waals surface area contributed by atoms with Gasteiger partial charge >= 0.3 is 0 Å². The van der Waals surface area contributed by atoms with Crippen molar-refractivity contribution in [3.8, 4) is 0 Å². The molecule has 0 amide bonds. The van der Waals surface area contributed by atoms with E-state index in [4.69, 9.17) is 11.6 Å². The lowest BCUT2D eigenvalue weighted by atomic mass is 9.83. The van der Waals surface area contributed by atoms with Crippen LogP contribution in [0.2, 0.25) is 5.02 Å². The Morgan fingerprint density at radius 3 is 2.67 bits per heavy atom. The van der Waals surface area contributed by atoms with E-state index in [-0.39, 0.29) is 0 Å². The van der Waals surface area contributed by atoms with E-state index in [2.05, 4.69) is 31.3 Å². The molecule has 0 aromatic heterocycles. The molecule has 1 atom stereocenters. The Kier molecular flexibility index (Phi) is 5.08. The molecule has 1 aromatic rings. The van der Waals surface area contributed by atoms with E-state index in [0.29, 0.717) is 6.04 Å². The van der Waals surface area contributed by atoms with Crippen LogP contribution < -0.4 is 5.32 Å². The highest BCUT2D eigenvalue weighted by molar-refractivity contribution is 6.30. The molecule has 100 valence electrons. The van der Waals surface area contributed by atoms with E-state index in [1.807, 2.05) is 12.1 Å². The van der Waals surface area contributed by atoms with E-state index < -0.39 is 0 Å². The van der Waals surface area contributed by atoms with E-state index in [9.17, 15) is 0 Å². The van der Waals surface area contributed by atoms with Crippen LogP contribution in [0.4, 0.5) is 0 Å². The van der Waals surface area contributed by atoms with Gasteiger partial charge in [0.05, 0.1) is 0 Å². The first-order chi connectivity index (χ1) is 8.65. The van der Waals surface area contributed by atoms with Crippen LogP contribution in [-0.2, 0) is 0 Å². The third-order valence-corrected chi connectivity index (χ3v) is 4.43. The molecule has 0 radical (unpaired) electrons. The van der Waals surface area contributed by atoms with Crippen LogP contribution in [-0.4, -0.2) is 6.54 Å². The summed E-state index contributed by atoms with van der Waals surface area (Å²) in [5.74, 6) is 1.80. The quantitative estimate of drug-likeness (QED) is 0.823. The van der Waals surface area contributed by atoms with Crippen LogP contribution in [0.3, 0.4) is 0 Å². The predicted octanol–water partition coefficient (Wildman–Crippen LogP) is 4.82. The van der Waals surface area contributed by atoms with Gasteiger partial charge in [-0.2, -0.15) is 0 Å². The Balaban J connectivity index is 1.79. The second kappa shape index (κ2) is 6.58. The van der Waals surface area contributed by atoms with Gasteiger partial charge in [-0.25, -0.2) is 0 Å². The number of rotatable bonds is 4. The first-order valence-corrected chi connectivity index (χ1v) is 7.52. The molecule has 1 fully saturated rings. The van der Waals surface area contributed by atoms with E-state index in [1.54, 1.807) is 0 Å². The van der Waals surface area contributed by atoms with E-state index in [0.717, 1.165) is 23.4 Å². The van der Waals surface area contributed by atoms with Crippen LogP contribution in [0.5, 0.6) is 0 Å². The maximum atomic E-state index is 6.03. The summed E-state index contributed by atoms with van der Waals surface area (Å²) in [5, 5.41) is 4.48. The molecule has 1 aromatic carbocycles. The summed E-state index contributed by atoms with van der Waals surface area (Å²) in [6.45, 7) is 5.73. The lowest BCUT2D eigenvalue weighted by molar-refractivity contribution is 0.276. The molecule has 1 saturated carbocycles. The molecule has 0 saturated heterocycles. The summed E-state index contributed by atoms with van der Waals surface area (Å²) in [6.07, 6.45) is 5.57. The molecular formula is C16H24ClN. The minimum atomic E-state index is 0.392. The molecule has 1 aliphatic carbocycles. The largest absolute Gasteiger partial charge is 0.310 e. The lowest BCUT2D eigenvalue weighted by Crippen LogP contribution is -2.28. The lowest BCUT2D eigenvalue weighted by Gasteiger charge is -2.27. The van der Waals surface area contributed by atoms with Gasteiger partial charge in [-0.1, -0.05) is 43.5 Å². The van der Waals surface area contributed by atoms with Crippen LogP contribution in [0.15, 0.2) is 24.3 Å². The highest BCUT2D eigenvalue weighted by Gasteiger charge is 2.18. The smallest absolute Gasteiger partial charge is 0.0409 e. The van der Waals surface area contributed by atoms with Gasteiger partial charge in [-0.05, 0) is 55.8 Å². The Labute approximate surface area is 116 Å². The number of benzene rings is 1. The summed E-state index contributed by atoms with van der Waals surface area (Å²) in [7, 11) is 0. The molecular weight excluding hydrogens is 242 g/mol. The van der Waals surface area contributed by atoms with Crippen molar-refractivity contribution in [2.45, 2.75) is 45.6 Å². The number of hydrogen-bond donors (Lipinski definition) is 1. The Bertz CT molecular complexity index is 369. The molecule has 1 nitrogen and oxygen atoms in total. The first-order valence-electron chi connectivity index (χ1n) is 7.14. The van der Waals surface area contributed by atoms with Gasteiger partial charge in [0.15, 0.2) is 0 Å². The Hall–Kier alpha value is -0.530. The van der Waals surface area contributed by atoms with Crippen LogP contribution in [0.25, 0.3) is 0 Å². The summed E-state index contributed by atoms with van der Waals surface area (Å²) < 4.78 is 0. The number of hydrogen-bond acceptors (Lipinski definition) is 1. The molecule has 0 unspecified atom stereocenters. The van der Waals surface area contributed by atoms with Crippen molar-refractivity contribution in [2.75, 3.05) is 6.54 Å². The standard InChI is InChI=1S/C16H24ClN/c1-12-6-8-14(9-7-12)11-18-13(2)15-4-3-5-16(17)10-15/h3-5,10,12-14,18H,6-9,11H2,1-2H3/t12?,13-,14?/m0/s1. The van der Waals surface area contributed by atoms with Gasteiger partial charge in [0.25, 0.3) is 0 Å². The van der Waals surface area contributed by atoms with Crippen molar-refractivity contribution in [2.24, 2.45) is 11.8 Å². The summed E-state index contributed by atoms with van der Waals surface area (Å²) in [5.41, 5.74) is 1.28. The minimum absolute atomic E-state index is 0.392. The Morgan fingerprint density at radius 1 is 1.28 bits per heavy atom. The van der Waals surface area contributed by atoms with Crippen LogP contribution >= 0.6 is 11.6 Å². The predicted molar refractivity (Wildman–Crippen MR) is 79.0 cm³/mol. The summed E-state index contributed by atoms with van der Waals surface area (Å²) >= 11 is 6.03. The fraction of sp³-hybridized carbons (Fsp3) is 0.625. The van der Waals surface area contributed by atoms with Gasteiger partial charge in [0, 0.05) is 11.1 Å². The number of halogens is 1. The zero-order chi connectivity index (χ0) is 13.0. The van der Waals surface area contributed by atoms with Gasteiger partial charge < -0.3 is 5.32 Å². The third kappa shape index (κ3) is 4.00. The van der Waals surface area contributed by atoms with Crippen LogP contribution in [0, 0.1) is 11.8 Å². The van der Waals surface area contributed by atoms with Crippen molar-refractivity contribution >= 4 is 11.6 Å². The van der Waals surface area contributed by atoms with Crippen molar-refractivity contribution in [1.82, 2.24) is 5.32 Å². The van der Waals surface area contributed by atoms with Gasteiger partial charge in [0.1, 0.15) is 0 Å². The topological polar surface area (TPSA) is 12.0 Å². The molecule has 2 heteroatoms. The normalized spacial score (nSPS) is 25.9. The maximum Gasteiger partial charge on any atom is 0.0409 e. The average molecular weight is 266 g/mol. The monoisotopic (exact) mass is 265 g/mol. The molecule has 0 bridgehead atoms. The molecule has 18 heavy (non-hydrogen) atoms. The van der Waals surface area contributed by atoms with Crippen molar-refractivity contribution in [1.29, 1.82) is 0 Å². The second-order valence-corrected chi connectivity index (χ2v) is 6.25. The SMILES string of the molecule is CC1CCC(CN[C@@H](C)c2cccc(Cl)c2)CC1. The van der Waals surface area contributed by atoms with Crippen molar-refractivity contribution in [3.05, 3.63) is 34.9 Å². The van der Waals surface area contributed by atoms with Crippen LogP contribution in [0.1, 0.15) is 51.1 Å². The second-order valence-electron chi connectivity index (χ2n) is 5.81. The highest BCUT2D eigenvalue weighted by Crippen LogP contribution is 2.28. The summed E-state index contributed by atoms with van der Waals surface area (Å²) in [4.78, 5) is 0. The highest BCUT2D eigenvalue weighted by atomic mass is 35.5. The number of nitrogens with one attached hydrogen (secondary N) is 1. The fourth-order valence-corrected chi connectivity index (χ4v) is 2.97. The van der Waals surface area contributed by atoms with Gasteiger partial charge in [-0.15, -0.1) is 0 Å². The first kappa shape index (κ1) is 13.9. The third-order valence-electron chi connectivity index (χ3n) is 4.20. The zero-order valence-corrected chi connectivity index (χ0v) is 12.2. The van der Waals surface area contributed by atoms with E-state index >= 15 is 0 Å². The zero-order valence-electron chi connectivity index (χ0n) is 11.5. The molecule has 0 spiro atoms. The van der Waals surface area contributed by atoms with Gasteiger partial charge in [0.2, 0.25) is 0 Å². The molecule has 1 N–H and O–H groups in total. The summed E-state index contributed by atoms with van der Waals surface area (Å²) in [6, 6.07) is 8.55. The fourth-order valence-electron chi connectivity index (χ4n) is 2.77. The molecule has 1 aliphatic rings. The van der Waals surface area contributed by atoms with Crippen molar-refractivity contribution < 1.29 is 0 Å². The van der Waals surface area contributed by atoms with Gasteiger partial charge in [-0.3, -0.25) is 0 Å². The van der Waals surface area contributed by atoms with E-state index in [1.165, 1.54) is 31.2 Å². The van der Waals surface area contributed by atoms with Crippen molar-refractivity contribution in [3.63, 3.8) is 0 Å². The molecule has 0 heterocycles. The maximum absolute atomic E-state index is 6.03. The molecule has 0 aliphatic heterocycles. The Morgan fingerprint density at radius 2 is 2.00 bits per heavy atom. The minimum Gasteiger partial charge on any atom is -0.310 e. The average Bonchev–Trinajstić information content (AvgIpc) is 2.38.